The summed E-state index contributed by atoms with van der Waals surface area (Å²) in [6, 6.07) is 18.2. The zero-order valence-electron chi connectivity index (χ0n) is 14.4. The predicted octanol–water partition coefficient (Wildman–Crippen LogP) is 4.00. The maximum atomic E-state index is 11.1. The van der Waals surface area contributed by atoms with Crippen LogP contribution in [0.25, 0.3) is 0 Å². The van der Waals surface area contributed by atoms with Crippen molar-refractivity contribution in [2.24, 2.45) is 0 Å². The Morgan fingerprint density at radius 2 is 1.58 bits per heavy atom. The monoisotopic (exact) mass is 325 g/mol. The lowest BCUT2D eigenvalue weighted by molar-refractivity contribution is 0.109. The molecular formula is C21H27NO2. The number of aliphatic hydroxyl groups excluding tert-OH is 1. The molecule has 3 rings (SSSR count). The number of piperidine rings is 1. The number of likely N-dealkylation sites (tertiary alicyclic amines) is 1. The fraction of sp³-hybridized carbons (Fsp3) is 0.429. The van der Waals surface area contributed by atoms with Gasteiger partial charge in [0.1, 0.15) is 5.75 Å². The van der Waals surface area contributed by atoms with Crippen molar-refractivity contribution in [2.45, 2.75) is 31.3 Å². The Hall–Kier alpha value is -1.84. The van der Waals surface area contributed by atoms with Crippen molar-refractivity contribution in [1.29, 1.82) is 0 Å². The first-order valence-electron chi connectivity index (χ1n) is 8.87. The van der Waals surface area contributed by atoms with Crippen molar-refractivity contribution >= 4 is 0 Å². The lowest BCUT2D eigenvalue weighted by Crippen LogP contribution is -2.35. The van der Waals surface area contributed by atoms with Gasteiger partial charge in [0.05, 0.1) is 13.2 Å². The molecule has 0 aliphatic carbocycles. The summed E-state index contributed by atoms with van der Waals surface area (Å²) in [4.78, 5) is 2.49. The predicted molar refractivity (Wildman–Crippen MR) is 97.4 cm³/mol. The third kappa shape index (κ3) is 4.16. The summed E-state index contributed by atoms with van der Waals surface area (Å²) in [6.45, 7) is 3.18. The first-order valence-corrected chi connectivity index (χ1v) is 8.87. The van der Waals surface area contributed by atoms with Gasteiger partial charge in [0.25, 0.3) is 0 Å². The maximum Gasteiger partial charge on any atom is 0.118 e. The van der Waals surface area contributed by atoms with Gasteiger partial charge in [-0.25, -0.2) is 0 Å². The van der Waals surface area contributed by atoms with Crippen molar-refractivity contribution in [3.63, 3.8) is 0 Å². The molecule has 2 aromatic rings. The number of aliphatic hydroxyl groups is 1. The van der Waals surface area contributed by atoms with Gasteiger partial charge in [-0.05, 0) is 49.2 Å². The van der Waals surface area contributed by atoms with Crippen molar-refractivity contribution in [3.8, 4) is 5.75 Å². The highest BCUT2D eigenvalue weighted by molar-refractivity contribution is 5.32. The highest BCUT2D eigenvalue weighted by atomic mass is 16.5. The Balaban J connectivity index is 1.82. The second-order valence-corrected chi connectivity index (χ2v) is 6.60. The van der Waals surface area contributed by atoms with E-state index in [2.05, 4.69) is 29.2 Å². The molecule has 1 aliphatic heterocycles. The van der Waals surface area contributed by atoms with E-state index in [4.69, 9.17) is 4.74 Å². The topological polar surface area (TPSA) is 32.7 Å². The first kappa shape index (κ1) is 17.0. The average molecular weight is 325 g/mol. The van der Waals surface area contributed by atoms with E-state index in [1.807, 2.05) is 30.3 Å². The van der Waals surface area contributed by atoms with Crippen LogP contribution in [0.3, 0.4) is 0 Å². The quantitative estimate of drug-likeness (QED) is 0.871. The second-order valence-electron chi connectivity index (χ2n) is 6.60. The molecule has 3 heteroatoms. The molecule has 0 bridgehead atoms. The third-order valence-electron chi connectivity index (χ3n) is 4.97. The number of hydrogen-bond donors (Lipinski definition) is 1. The minimum absolute atomic E-state index is 0.0812. The second kappa shape index (κ2) is 8.32. The van der Waals surface area contributed by atoms with Crippen LogP contribution in [-0.4, -0.2) is 36.8 Å². The van der Waals surface area contributed by atoms with E-state index in [0.717, 1.165) is 30.9 Å². The van der Waals surface area contributed by atoms with E-state index in [0.29, 0.717) is 0 Å². The molecule has 1 N–H and O–H groups in total. The molecule has 0 aromatic heterocycles. The van der Waals surface area contributed by atoms with Crippen LogP contribution < -0.4 is 4.74 Å². The summed E-state index contributed by atoms with van der Waals surface area (Å²) < 4.78 is 5.23. The van der Waals surface area contributed by atoms with E-state index in [1.54, 1.807) is 7.11 Å². The van der Waals surface area contributed by atoms with E-state index in [1.165, 1.54) is 24.8 Å². The van der Waals surface area contributed by atoms with Gasteiger partial charge in [0, 0.05) is 12.5 Å². The summed E-state index contributed by atoms with van der Waals surface area (Å²) in [7, 11) is 1.66. The fourth-order valence-corrected chi connectivity index (χ4v) is 3.54. The minimum Gasteiger partial charge on any atom is -0.497 e. The number of rotatable bonds is 6. The average Bonchev–Trinajstić information content (AvgIpc) is 2.67. The Labute approximate surface area is 144 Å². The minimum atomic E-state index is -0.514. The van der Waals surface area contributed by atoms with Crippen LogP contribution in [0.4, 0.5) is 0 Å². The number of hydrogen-bond acceptors (Lipinski definition) is 3. The molecule has 1 fully saturated rings. The van der Waals surface area contributed by atoms with Crippen LogP contribution >= 0.6 is 0 Å². The van der Waals surface area contributed by atoms with E-state index in [9.17, 15) is 5.11 Å². The van der Waals surface area contributed by atoms with Crippen LogP contribution in [0.5, 0.6) is 5.75 Å². The molecule has 1 heterocycles. The Morgan fingerprint density at radius 3 is 2.21 bits per heavy atom. The summed E-state index contributed by atoms with van der Waals surface area (Å²) in [5, 5.41) is 11.1. The van der Waals surface area contributed by atoms with Gasteiger partial charge in [-0.1, -0.05) is 48.9 Å². The molecule has 2 aromatic carbocycles. The molecule has 128 valence electrons. The lowest BCUT2D eigenvalue weighted by Gasteiger charge is -2.33. The van der Waals surface area contributed by atoms with Gasteiger partial charge in [-0.3, -0.25) is 0 Å². The van der Waals surface area contributed by atoms with Crippen LogP contribution in [0.2, 0.25) is 0 Å². The highest BCUT2D eigenvalue weighted by Crippen LogP contribution is 2.33. The zero-order valence-corrected chi connectivity index (χ0v) is 14.4. The van der Waals surface area contributed by atoms with E-state index < -0.39 is 6.10 Å². The number of benzene rings is 2. The molecular weight excluding hydrogens is 298 g/mol. The van der Waals surface area contributed by atoms with Crippen LogP contribution in [0, 0.1) is 0 Å². The molecule has 0 unspecified atom stereocenters. The zero-order chi connectivity index (χ0) is 16.8. The summed E-state index contributed by atoms with van der Waals surface area (Å²) in [5.74, 6) is 0.899. The third-order valence-corrected chi connectivity index (χ3v) is 4.97. The molecule has 0 radical (unpaired) electrons. The highest BCUT2D eigenvalue weighted by Gasteiger charge is 2.26. The van der Waals surface area contributed by atoms with Crippen molar-refractivity contribution in [3.05, 3.63) is 65.7 Å². The molecule has 2 atom stereocenters. The van der Waals surface area contributed by atoms with Crippen LogP contribution in [0.1, 0.15) is 42.4 Å². The first-order chi connectivity index (χ1) is 11.8. The molecule has 0 saturated carbocycles. The lowest BCUT2D eigenvalue weighted by atomic mass is 9.88. The summed E-state index contributed by atoms with van der Waals surface area (Å²) >= 11 is 0. The standard InChI is InChI=1S/C21H27NO2/c1-24-19-12-10-18(11-13-19)21(23)20(17-8-4-2-5-9-17)16-22-14-6-3-7-15-22/h2,4-5,8-13,20-21,23H,3,6-7,14-16H2,1H3/t20-,21+/m0/s1. The molecule has 1 saturated heterocycles. The maximum absolute atomic E-state index is 11.1. The van der Waals surface area contributed by atoms with Crippen LogP contribution in [0.15, 0.2) is 54.6 Å². The number of methoxy groups -OCH3 is 1. The van der Waals surface area contributed by atoms with E-state index in [-0.39, 0.29) is 5.92 Å². The smallest absolute Gasteiger partial charge is 0.118 e. The summed E-state index contributed by atoms with van der Waals surface area (Å²) in [6.07, 6.45) is 3.34. The van der Waals surface area contributed by atoms with Crippen molar-refractivity contribution < 1.29 is 9.84 Å². The molecule has 24 heavy (non-hydrogen) atoms. The van der Waals surface area contributed by atoms with Gasteiger partial charge in [-0.2, -0.15) is 0 Å². The van der Waals surface area contributed by atoms with Gasteiger partial charge < -0.3 is 14.7 Å². The van der Waals surface area contributed by atoms with Gasteiger partial charge in [-0.15, -0.1) is 0 Å². The number of ether oxygens (including phenoxy) is 1. The van der Waals surface area contributed by atoms with Gasteiger partial charge in [0.15, 0.2) is 0 Å². The SMILES string of the molecule is COc1ccc([C@@H](O)[C@@H](CN2CCCCC2)c2ccccc2)cc1. The molecule has 1 aliphatic rings. The summed E-state index contributed by atoms with van der Waals surface area (Å²) in [5.41, 5.74) is 2.15. The largest absolute Gasteiger partial charge is 0.497 e. The Bertz CT molecular complexity index is 605. The molecule has 0 spiro atoms. The Kier molecular flexibility index (Phi) is 5.89. The molecule has 0 amide bonds. The number of nitrogens with zero attached hydrogens (tertiary/aromatic N) is 1. The van der Waals surface area contributed by atoms with Crippen LogP contribution in [-0.2, 0) is 0 Å². The van der Waals surface area contributed by atoms with Gasteiger partial charge >= 0.3 is 0 Å². The molecule has 3 nitrogen and oxygen atoms in total. The van der Waals surface area contributed by atoms with Crippen molar-refractivity contribution in [2.75, 3.05) is 26.7 Å². The van der Waals surface area contributed by atoms with Crippen molar-refractivity contribution in [1.82, 2.24) is 4.90 Å². The fourth-order valence-electron chi connectivity index (χ4n) is 3.54. The van der Waals surface area contributed by atoms with Gasteiger partial charge in [0.2, 0.25) is 0 Å². The Morgan fingerprint density at radius 1 is 0.917 bits per heavy atom. The van der Waals surface area contributed by atoms with E-state index >= 15 is 0 Å². The normalized spacial score (nSPS) is 18.1.